The molecule has 0 unspecified atom stereocenters. The van der Waals surface area contributed by atoms with E-state index in [9.17, 15) is 4.79 Å². The van der Waals surface area contributed by atoms with Gasteiger partial charge >= 0.3 is 0 Å². The zero-order valence-electron chi connectivity index (χ0n) is 9.86. The van der Waals surface area contributed by atoms with E-state index in [0.29, 0.717) is 28.7 Å². The first kappa shape index (κ1) is 14.2. The second-order valence-electron chi connectivity index (χ2n) is 3.20. The van der Waals surface area contributed by atoms with Gasteiger partial charge in [-0.15, -0.1) is 0 Å². The molecular weight excluding hydrogens is 260 g/mol. The first-order valence-corrected chi connectivity index (χ1v) is 6.79. The molecule has 17 heavy (non-hydrogen) atoms. The Bertz CT molecular complexity index is 382. The number of halogens is 1. The van der Waals surface area contributed by atoms with Gasteiger partial charge in [-0.1, -0.05) is 18.5 Å². The fourth-order valence-electron chi connectivity index (χ4n) is 1.29. The zero-order valence-corrected chi connectivity index (χ0v) is 11.4. The summed E-state index contributed by atoms with van der Waals surface area (Å²) in [6.07, 6.45) is 0.727. The van der Waals surface area contributed by atoms with Crippen molar-refractivity contribution in [3.63, 3.8) is 0 Å². The summed E-state index contributed by atoms with van der Waals surface area (Å²) in [5.41, 5.74) is 0.474. The average Bonchev–Trinajstić information content (AvgIpc) is 2.35. The summed E-state index contributed by atoms with van der Waals surface area (Å²) in [6, 6.07) is 3.18. The van der Waals surface area contributed by atoms with Crippen LogP contribution in [0, 0.1) is 0 Å². The first-order chi connectivity index (χ1) is 8.22. The highest BCUT2D eigenvalue weighted by molar-refractivity contribution is 7.99. The third-order valence-electron chi connectivity index (χ3n) is 2.07. The number of aldehydes is 1. The number of benzene rings is 1. The van der Waals surface area contributed by atoms with E-state index >= 15 is 0 Å². The van der Waals surface area contributed by atoms with Crippen LogP contribution in [-0.2, 0) is 0 Å². The number of rotatable bonds is 7. The Morgan fingerprint density at radius 3 is 2.82 bits per heavy atom. The molecule has 1 aromatic rings. The monoisotopic (exact) mass is 274 g/mol. The summed E-state index contributed by atoms with van der Waals surface area (Å²) < 4.78 is 10.7. The molecule has 0 N–H and O–H groups in total. The Balaban J connectivity index is 2.79. The van der Waals surface area contributed by atoms with Crippen LogP contribution in [-0.4, -0.2) is 31.5 Å². The van der Waals surface area contributed by atoms with Crippen molar-refractivity contribution < 1.29 is 14.3 Å². The molecule has 0 amide bonds. The predicted octanol–water partition coefficient (Wildman–Crippen LogP) is 3.29. The van der Waals surface area contributed by atoms with Crippen LogP contribution < -0.4 is 9.47 Å². The Labute approximate surface area is 110 Å². The fourth-order valence-corrected chi connectivity index (χ4v) is 2.06. The standard InChI is InChI=1S/C12H15ClO3S/c1-3-17-5-4-16-12-10(13)6-9(8-14)7-11(12)15-2/h6-8H,3-5H2,1-2H3. The van der Waals surface area contributed by atoms with E-state index < -0.39 is 0 Å². The maximum atomic E-state index is 10.7. The highest BCUT2D eigenvalue weighted by Gasteiger charge is 2.11. The van der Waals surface area contributed by atoms with Crippen LogP contribution in [0.4, 0.5) is 0 Å². The van der Waals surface area contributed by atoms with Gasteiger partial charge in [0.15, 0.2) is 11.5 Å². The van der Waals surface area contributed by atoms with Crippen LogP contribution >= 0.6 is 23.4 Å². The van der Waals surface area contributed by atoms with Crippen LogP contribution in [0.5, 0.6) is 11.5 Å². The molecule has 0 aromatic heterocycles. The van der Waals surface area contributed by atoms with Gasteiger partial charge in [-0.05, 0) is 17.9 Å². The van der Waals surface area contributed by atoms with Gasteiger partial charge < -0.3 is 9.47 Å². The molecule has 3 nitrogen and oxygen atoms in total. The van der Waals surface area contributed by atoms with Crippen molar-refractivity contribution in [1.29, 1.82) is 0 Å². The minimum atomic E-state index is 0.396. The molecule has 1 rings (SSSR count). The average molecular weight is 275 g/mol. The lowest BCUT2D eigenvalue weighted by Crippen LogP contribution is -2.03. The van der Waals surface area contributed by atoms with Crippen LogP contribution in [0.1, 0.15) is 17.3 Å². The van der Waals surface area contributed by atoms with Crippen LogP contribution in [0.25, 0.3) is 0 Å². The number of hydrogen-bond donors (Lipinski definition) is 0. The van der Waals surface area contributed by atoms with E-state index in [1.807, 2.05) is 0 Å². The first-order valence-electron chi connectivity index (χ1n) is 5.26. The largest absolute Gasteiger partial charge is 0.493 e. The van der Waals surface area contributed by atoms with Crippen molar-refractivity contribution >= 4 is 29.6 Å². The fraction of sp³-hybridized carbons (Fsp3) is 0.417. The third kappa shape index (κ3) is 4.13. The maximum absolute atomic E-state index is 10.7. The molecule has 0 atom stereocenters. The van der Waals surface area contributed by atoms with E-state index in [1.54, 1.807) is 23.9 Å². The summed E-state index contributed by atoms with van der Waals surface area (Å²) in [5, 5.41) is 0.396. The maximum Gasteiger partial charge on any atom is 0.179 e. The lowest BCUT2D eigenvalue weighted by atomic mass is 10.2. The Hall–Kier alpha value is -0.870. The molecule has 0 aliphatic rings. The number of carbonyl (C=O) groups is 1. The van der Waals surface area contributed by atoms with Crippen molar-refractivity contribution in [1.82, 2.24) is 0 Å². The molecule has 0 saturated heterocycles. The van der Waals surface area contributed by atoms with Crippen LogP contribution in [0.15, 0.2) is 12.1 Å². The Kier molecular flexibility index (Phi) is 6.22. The van der Waals surface area contributed by atoms with Gasteiger partial charge in [-0.2, -0.15) is 11.8 Å². The summed E-state index contributed by atoms with van der Waals surface area (Å²) in [6.45, 7) is 2.66. The highest BCUT2D eigenvalue weighted by atomic mass is 35.5. The number of carbonyl (C=O) groups excluding carboxylic acids is 1. The van der Waals surface area contributed by atoms with Crippen molar-refractivity contribution in [2.24, 2.45) is 0 Å². The zero-order chi connectivity index (χ0) is 12.7. The van der Waals surface area contributed by atoms with Gasteiger partial charge in [0.25, 0.3) is 0 Å². The molecule has 0 spiro atoms. The Morgan fingerprint density at radius 2 is 2.24 bits per heavy atom. The number of thioether (sulfide) groups is 1. The second-order valence-corrected chi connectivity index (χ2v) is 5.00. The van der Waals surface area contributed by atoms with Crippen LogP contribution in [0.2, 0.25) is 5.02 Å². The van der Waals surface area contributed by atoms with Gasteiger partial charge in [0.05, 0.1) is 18.7 Å². The normalized spacial score (nSPS) is 10.1. The van der Waals surface area contributed by atoms with Crippen LogP contribution in [0.3, 0.4) is 0 Å². The number of hydrogen-bond acceptors (Lipinski definition) is 4. The summed E-state index contributed by atoms with van der Waals surface area (Å²) in [7, 11) is 1.52. The minimum absolute atomic E-state index is 0.396. The van der Waals surface area contributed by atoms with Crippen molar-refractivity contribution in [2.75, 3.05) is 25.2 Å². The molecule has 0 radical (unpaired) electrons. The molecule has 0 aliphatic carbocycles. The van der Waals surface area contributed by atoms with Gasteiger partial charge in [-0.3, -0.25) is 4.79 Å². The lowest BCUT2D eigenvalue weighted by molar-refractivity contribution is 0.112. The van der Waals surface area contributed by atoms with Gasteiger partial charge in [0.2, 0.25) is 0 Å². The molecular formula is C12H15ClO3S. The van der Waals surface area contributed by atoms with Gasteiger partial charge in [-0.25, -0.2) is 0 Å². The molecule has 94 valence electrons. The predicted molar refractivity (Wildman–Crippen MR) is 71.9 cm³/mol. The molecule has 0 fully saturated rings. The van der Waals surface area contributed by atoms with Gasteiger partial charge in [0, 0.05) is 11.3 Å². The minimum Gasteiger partial charge on any atom is -0.493 e. The number of methoxy groups -OCH3 is 1. The van der Waals surface area contributed by atoms with E-state index in [-0.39, 0.29) is 0 Å². The van der Waals surface area contributed by atoms with E-state index in [0.717, 1.165) is 17.8 Å². The summed E-state index contributed by atoms with van der Waals surface area (Å²) in [5.74, 6) is 2.93. The van der Waals surface area contributed by atoms with E-state index in [1.165, 1.54) is 7.11 Å². The van der Waals surface area contributed by atoms with E-state index in [2.05, 4.69) is 6.92 Å². The molecule has 0 bridgehead atoms. The SMILES string of the molecule is CCSCCOc1c(Cl)cc(C=O)cc1OC. The topological polar surface area (TPSA) is 35.5 Å². The summed E-state index contributed by atoms with van der Waals surface area (Å²) in [4.78, 5) is 10.7. The van der Waals surface area contributed by atoms with Crippen molar-refractivity contribution in [2.45, 2.75) is 6.92 Å². The molecule has 0 saturated carbocycles. The van der Waals surface area contributed by atoms with E-state index in [4.69, 9.17) is 21.1 Å². The molecule has 0 aliphatic heterocycles. The van der Waals surface area contributed by atoms with Crippen molar-refractivity contribution in [3.8, 4) is 11.5 Å². The third-order valence-corrected chi connectivity index (χ3v) is 3.21. The summed E-state index contributed by atoms with van der Waals surface area (Å²) >= 11 is 7.82. The van der Waals surface area contributed by atoms with Crippen molar-refractivity contribution in [3.05, 3.63) is 22.7 Å². The highest BCUT2D eigenvalue weighted by Crippen LogP contribution is 2.36. The molecule has 1 aromatic carbocycles. The smallest absolute Gasteiger partial charge is 0.179 e. The number of ether oxygens (including phenoxy) is 2. The molecule has 0 heterocycles. The lowest BCUT2D eigenvalue weighted by Gasteiger charge is -2.12. The quantitative estimate of drug-likeness (QED) is 0.565. The second kappa shape index (κ2) is 7.45. The Morgan fingerprint density at radius 1 is 1.47 bits per heavy atom. The van der Waals surface area contributed by atoms with Gasteiger partial charge in [0.1, 0.15) is 6.29 Å². The molecule has 5 heteroatoms.